The van der Waals surface area contributed by atoms with E-state index in [-0.39, 0.29) is 5.41 Å². The lowest BCUT2D eigenvalue weighted by atomic mass is 9.86. The van der Waals surface area contributed by atoms with Crippen LogP contribution in [0.4, 0.5) is 5.82 Å². The van der Waals surface area contributed by atoms with Crippen LogP contribution in [-0.4, -0.2) is 25.2 Å². The molecule has 3 rings (SSSR count). The molecule has 0 unspecified atom stereocenters. The molecule has 4 nitrogen and oxygen atoms in total. The Balaban J connectivity index is 2.23. The SMILES string of the molecule is CNc1nc2cc3c(cc2cc1C(C)(C)C)OCCO3. The topological polar surface area (TPSA) is 43.4 Å². The summed E-state index contributed by atoms with van der Waals surface area (Å²) in [5, 5.41) is 4.27. The number of ether oxygens (including phenoxy) is 2. The monoisotopic (exact) mass is 272 g/mol. The number of benzene rings is 1. The Morgan fingerprint density at radius 1 is 1.05 bits per heavy atom. The molecule has 0 bridgehead atoms. The lowest BCUT2D eigenvalue weighted by Gasteiger charge is -2.24. The number of hydrogen-bond acceptors (Lipinski definition) is 4. The minimum atomic E-state index is 0.0345. The fourth-order valence-electron chi connectivity index (χ4n) is 2.47. The normalized spacial score (nSPS) is 14.4. The van der Waals surface area contributed by atoms with Gasteiger partial charge in [-0.05, 0) is 17.5 Å². The molecule has 1 aliphatic heterocycles. The zero-order valence-electron chi connectivity index (χ0n) is 12.4. The van der Waals surface area contributed by atoms with Crippen molar-refractivity contribution in [2.24, 2.45) is 0 Å². The van der Waals surface area contributed by atoms with Crippen LogP contribution in [0.1, 0.15) is 26.3 Å². The van der Waals surface area contributed by atoms with Crippen LogP contribution in [0.25, 0.3) is 10.9 Å². The second-order valence-corrected chi connectivity index (χ2v) is 6.07. The van der Waals surface area contributed by atoms with Crippen LogP contribution in [0.2, 0.25) is 0 Å². The molecule has 0 amide bonds. The van der Waals surface area contributed by atoms with Crippen molar-refractivity contribution in [1.29, 1.82) is 0 Å². The van der Waals surface area contributed by atoms with Gasteiger partial charge in [-0.1, -0.05) is 20.8 Å². The number of anilines is 1. The highest BCUT2D eigenvalue weighted by molar-refractivity contribution is 5.85. The van der Waals surface area contributed by atoms with E-state index in [9.17, 15) is 0 Å². The Labute approximate surface area is 119 Å². The lowest BCUT2D eigenvalue weighted by molar-refractivity contribution is 0.172. The number of hydrogen-bond donors (Lipinski definition) is 1. The molecular weight excluding hydrogens is 252 g/mol. The summed E-state index contributed by atoms with van der Waals surface area (Å²) in [4.78, 5) is 4.72. The molecule has 0 atom stereocenters. The highest BCUT2D eigenvalue weighted by atomic mass is 16.6. The van der Waals surface area contributed by atoms with E-state index < -0.39 is 0 Å². The molecular formula is C16H20N2O2. The van der Waals surface area contributed by atoms with E-state index in [2.05, 4.69) is 32.2 Å². The van der Waals surface area contributed by atoms with Crippen molar-refractivity contribution in [3.05, 3.63) is 23.8 Å². The number of aromatic nitrogens is 1. The van der Waals surface area contributed by atoms with Crippen molar-refractivity contribution in [2.45, 2.75) is 26.2 Å². The predicted molar refractivity (Wildman–Crippen MR) is 81.0 cm³/mol. The zero-order valence-corrected chi connectivity index (χ0v) is 12.4. The third-order valence-corrected chi connectivity index (χ3v) is 3.52. The lowest BCUT2D eigenvalue weighted by Crippen LogP contribution is -2.16. The summed E-state index contributed by atoms with van der Waals surface area (Å²) >= 11 is 0. The third-order valence-electron chi connectivity index (χ3n) is 3.52. The van der Waals surface area contributed by atoms with Crippen LogP contribution in [-0.2, 0) is 5.41 Å². The van der Waals surface area contributed by atoms with Crippen LogP contribution in [0.3, 0.4) is 0 Å². The van der Waals surface area contributed by atoms with Crippen molar-refractivity contribution in [1.82, 2.24) is 4.98 Å². The standard InChI is InChI=1S/C16H20N2O2/c1-16(2,3)11-7-10-8-13-14(20-6-5-19-13)9-12(10)18-15(11)17-4/h7-9H,5-6H2,1-4H3,(H,17,18). The number of pyridine rings is 1. The average molecular weight is 272 g/mol. The molecule has 1 N–H and O–H groups in total. The van der Waals surface area contributed by atoms with Crippen molar-refractivity contribution >= 4 is 16.7 Å². The largest absolute Gasteiger partial charge is 0.486 e. The number of nitrogens with zero attached hydrogens (tertiary/aromatic N) is 1. The van der Waals surface area contributed by atoms with Crippen LogP contribution in [0.5, 0.6) is 11.5 Å². The molecule has 0 aliphatic carbocycles. The van der Waals surface area contributed by atoms with Crippen LogP contribution < -0.4 is 14.8 Å². The van der Waals surface area contributed by atoms with Gasteiger partial charge in [0.15, 0.2) is 11.5 Å². The second kappa shape index (κ2) is 4.54. The van der Waals surface area contributed by atoms with E-state index >= 15 is 0 Å². The van der Waals surface area contributed by atoms with Gasteiger partial charge in [0, 0.05) is 24.1 Å². The third kappa shape index (κ3) is 2.15. The van der Waals surface area contributed by atoms with Gasteiger partial charge >= 0.3 is 0 Å². The van der Waals surface area contributed by atoms with Gasteiger partial charge in [-0.15, -0.1) is 0 Å². The van der Waals surface area contributed by atoms with Gasteiger partial charge < -0.3 is 14.8 Å². The maximum absolute atomic E-state index is 5.65. The summed E-state index contributed by atoms with van der Waals surface area (Å²) in [6, 6.07) is 6.16. The van der Waals surface area contributed by atoms with Gasteiger partial charge in [0.25, 0.3) is 0 Å². The van der Waals surface area contributed by atoms with E-state index in [0.717, 1.165) is 28.2 Å². The van der Waals surface area contributed by atoms with Crippen LogP contribution >= 0.6 is 0 Å². The first-order valence-electron chi connectivity index (χ1n) is 6.91. The molecule has 1 aliphatic rings. The fraction of sp³-hybridized carbons (Fsp3) is 0.438. The summed E-state index contributed by atoms with van der Waals surface area (Å²) in [6.45, 7) is 7.77. The average Bonchev–Trinajstić information content (AvgIpc) is 2.42. The second-order valence-electron chi connectivity index (χ2n) is 6.07. The number of fused-ring (bicyclic) bond motifs is 2. The van der Waals surface area contributed by atoms with Crippen LogP contribution in [0.15, 0.2) is 18.2 Å². The Hall–Kier alpha value is -1.97. The molecule has 20 heavy (non-hydrogen) atoms. The summed E-state index contributed by atoms with van der Waals surface area (Å²) in [6.07, 6.45) is 0. The molecule has 1 aromatic carbocycles. The van der Waals surface area contributed by atoms with Gasteiger partial charge in [-0.2, -0.15) is 0 Å². The number of rotatable bonds is 1. The number of nitrogens with one attached hydrogen (secondary N) is 1. The van der Waals surface area contributed by atoms with E-state index in [0.29, 0.717) is 13.2 Å². The highest BCUT2D eigenvalue weighted by Gasteiger charge is 2.21. The Morgan fingerprint density at radius 3 is 2.30 bits per heavy atom. The van der Waals surface area contributed by atoms with E-state index in [1.54, 1.807) is 0 Å². The summed E-state index contributed by atoms with van der Waals surface area (Å²) in [5.41, 5.74) is 2.16. The minimum Gasteiger partial charge on any atom is -0.486 e. The van der Waals surface area contributed by atoms with E-state index in [4.69, 9.17) is 14.5 Å². The van der Waals surface area contributed by atoms with Crippen molar-refractivity contribution in [3.8, 4) is 11.5 Å². The van der Waals surface area contributed by atoms with Crippen molar-refractivity contribution < 1.29 is 9.47 Å². The molecule has 106 valence electrons. The Morgan fingerprint density at radius 2 is 1.70 bits per heavy atom. The quantitative estimate of drug-likeness (QED) is 0.864. The summed E-state index contributed by atoms with van der Waals surface area (Å²) in [5.74, 6) is 2.51. The minimum absolute atomic E-state index is 0.0345. The van der Waals surface area contributed by atoms with Crippen LogP contribution in [0, 0.1) is 0 Å². The first-order valence-corrected chi connectivity index (χ1v) is 6.91. The Bertz CT molecular complexity index is 660. The molecule has 0 saturated carbocycles. The van der Waals surface area contributed by atoms with Crippen molar-refractivity contribution in [2.75, 3.05) is 25.6 Å². The van der Waals surface area contributed by atoms with Gasteiger partial charge in [-0.25, -0.2) is 4.98 Å². The molecule has 4 heteroatoms. The first kappa shape index (κ1) is 13.0. The molecule has 0 spiro atoms. The highest BCUT2D eigenvalue weighted by Crippen LogP contribution is 2.37. The predicted octanol–water partition coefficient (Wildman–Crippen LogP) is 3.35. The maximum Gasteiger partial charge on any atom is 0.163 e. The molecule has 2 aromatic rings. The fourth-order valence-corrected chi connectivity index (χ4v) is 2.47. The van der Waals surface area contributed by atoms with Gasteiger partial charge in [-0.3, -0.25) is 0 Å². The molecule has 0 saturated heterocycles. The first-order chi connectivity index (χ1) is 9.49. The van der Waals surface area contributed by atoms with Gasteiger partial charge in [0.05, 0.1) is 5.52 Å². The van der Waals surface area contributed by atoms with E-state index in [1.165, 1.54) is 5.56 Å². The van der Waals surface area contributed by atoms with Gasteiger partial charge in [0.2, 0.25) is 0 Å². The van der Waals surface area contributed by atoms with Crippen molar-refractivity contribution in [3.63, 3.8) is 0 Å². The molecule has 0 radical (unpaired) electrons. The van der Waals surface area contributed by atoms with E-state index in [1.807, 2.05) is 19.2 Å². The molecule has 1 aromatic heterocycles. The maximum atomic E-state index is 5.65. The smallest absolute Gasteiger partial charge is 0.163 e. The molecule has 0 fully saturated rings. The zero-order chi connectivity index (χ0) is 14.3. The molecule has 2 heterocycles. The summed E-state index contributed by atoms with van der Waals surface area (Å²) in [7, 11) is 1.90. The Kier molecular flexibility index (Phi) is 2.96. The van der Waals surface area contributed by atoms with Gasteiger partial charge in [0.1, 0.15) is 19.0 Å². The summed E-state index contributed by atoms with van der Waals surface area (Å²) < 4.78 is 11.3.